The van der Waals surface area contributed by atoms with Crippen LogP contribution in [0, 0.1) is 0 Å². The molecule has 0 bridgehead atoms. The van der Waals surface area contributed by atoms with E-state index < -0.39 is 0 Å². The van der Waals surface area contributed by atoms with Crippen LogP contribution in [-0.4, -0.2) is 39.7 Å². The summed E-state index contributed by atoms with van der Waals surface area (Å²) in [5, 5.41) is 13.2. The average Bonchev–Trinajstić information content (AvgIpc) is 3.16. The first-order valence-corrected chi connectivity index (χ1v) is 9.77. The van der Waals surface area contributed by atoms with E-state index in [4.69, 9.17) is 4.74 Å². The lowest BCUT2D eigenvalue weighted by Gasteiger charge is -2.07. The molecule has 3 rings (SSSR count). The van der Waals surface area contributed by atoms with Gasteiger partial charge in [-0.15, -0.1) is 10.2 Å². The Hall–Kier alpha value is -3.13. The van der Waals surface area contributed by atoms with Gasteiger partial charge < -0.3 is 9.30 Å². The van der Waals surface area contributed by atoms with Crippen molar-refractivity contribution in [2.45, 2.75) is 18.6 Å². The lowest BCUT2D eigenvalue weighted by Crippen LogP contribution is -2.20. The summed E-state index contributed by atoms with van der Waals surface area (Å²) in [5.74, 6) is 1.55. The van der Waals surface area contributed by atoms with Gasteiger partial charge in [0.05, 0.1) is 19.1 Å². The maximum Gasteiger partial charge on any atom is 0.250 e. The summed E-state index contributed by atoms with van der Waals surface area (Å²) in [5.41, 5.74) is 4.39. The molecule has 1 N–H and O–H groups in total. The molecular formula is C20H21N5O2S. The average molecular weight is 395 g/mol. The second-order valence-electron chi connectivity index (χ2n) is 5.77. The molecule has 1 amide bonds. The van der Waals surface area contributed by atoms with Gasteiger partial charge in [0.15, 0.2) is 11.0 Å². The largest absolute Gasteiger partial charge is 0.497 e. The molecule has 0 atom stereocenters. The molecule has 0 saturated carbocycles. The maximum atomic E-state index is 12.0. The first-order valence-electron chi connectivity index (χ1n) is 8.78. The predicted molar refractivity (Wildman–Crippen MR) is 111 cm³/mol. The van der Waals surface area contributed by atoms with Gasteiger partial charge in [-0.2, -0.15) is 5.10 Å². The predicted octanol–water partition coefficient (Wildman–Crippen LogP) is 3.22. The third-order valence-electron chi connectivity index (χ3n) is 3.92. The van der Waals surface area contributed by atoms with Gasteiger partial charge in [0.2, 0.25) is 0 Å². The van der Waals surface area contributed by atoms with Gasteiger partial charge in [-0.1, -0.05) is 42.1 Å². The highest BCUT2D eigenvalue weighted by atomic mass is 32.2. The Morgan fingerprint density at radius 2 is 1.93 bits per heavy atom. The maximum absolute atomic E-state index is 12.0. The first-order chi connectivity index (χ1) is 13.7. The topological polar surface area (TPSA) is 81.4 Å². The number of rotatable bonds is 8. The smallest absolute Gasteiger partial charge is 0.250 e. The second kappa shape index (κ2) is 9.70. The van der Waals surface area contributed by atoms with Crippen LogP contribution in [0.2, 0.25) is 0 Å². The number of methoxy groups -OCH3 is 1. The van der Waals surface area contributed by atoms with Gasteiger partial charge in [-0.05, 0) is 36.8 Å². The fourth-order valence-electron chi connectivity index (χ4n) is 2.51. The van der Waals surface area contributed by atoms with E-state index in [2.05, 4.69) is 20.7 Å². The Bertz CT molecular complexity index is 939. The molecule has 2 aromatic carbocycles. The molecule has 0 spiro atoms. The quantitative estimate of drug-likeness (QED) is 0.360. The van der Waals surface area contributed by atoms with Crippen LogP contribution >= 0.6 is 11.8 Å². The van der Waals surface area contributed by atoms with Crippen LogP contribution in [0.15, 0.2) is 64.9 Å². The normalized spacial score (nSPS) is 10.9. The van der Waals surface area contributed by atoms with Crippen LogP contribution in [0.1, 0.15) is 12.5 Å². The van der Waals surface area contributed by atoms with E-state index in [9.17, 15) is 4.79 Å². The number of hydrazone groups is 1. The van der Waals surface area contributed by atoms with E-state index >= 15 is 0 Å². The Kier molecular flexibility index (Phi) is 6.80. The van der Waals surface area contributed by atoms with Gasteiger partial charge in [-0.25, -0.2) is 5.43 Å². The number of ether oxygens (including phenoxy) is 1. The highest BCUT2D eigenvalue weighted by Crippen LogP contribution is 2.25. The molecule has 1 heterocycles. The third kappa shape index (κ3) is 4.98. The molecule has 28 heavy (non-hydrogen) atoms. The zero-order chi connectivity index (χ0) is 19.8. The number of carbonyl (C=O) groups is 1. The number of hydrogen-bond acceptors (Lipinski definition) is 6. The molecule has 144 valence electrons. The standard InChI is InChI=1S/C20H21N5O2S/c1-3-25-19(16-9-11-17(27-2)12-10-16)23-24-20(25)28-14-18(26)22-21-13-15-7-5-4-6-8-15/h4-13H,3,14H2,1-2H3,(H,22,26). The summed E-state index contributed by atoms with van der Waals surface area (Å²) in [7, 11) is 1.63. The monoisotopic (exact) mass is 395 g/mol. The number of amides is 1. The van der Waals surface area contributed by atoms with E-state index in [0.717, 1.165) is 22.7 Å². The molecule has 0 unspecified atom stereocenters. The highest BCUT2D eigenvalue weighted by molar-refractivity contribution is 7.99. The van der Waals surface area contributed by atoms with Crippen LogP contribution in [0.3, 0.4) is 0 Å². The number of benzene rings is 2. The molecule has 1 aromatic heterocycles. The summed E-state index contributed by atoms with van der Waals surface area (Å²) < 4.78 is 7.17. The van der Waals surface area contributed by atoms with Crippen LogP contribution in [-0.2, 0) is 11.3 Å². The van der Waals surface area contributed by atoms with E-state index in [-0.39, 0.29) is 11.7 Å². The molecule has 0 fully saturated rings. The van der Waals surface area contributed by atoms with E-state index in [1.54, 1.807) is 13.3 Å². The molecule has 0 saturated heterocycles. The summed E-state index contributed by atoms with van der Waals surface area (Å²) in [6.07, 6.45) is 1.61. The Balaban J connectivity index is 1.60. The Morgan fingerprint density at radius 3 is 2.61 bits per heavy atom. The number of carbonyl (C=O) groups excluding carboxylic acids is 1. The molecule has 3 aromatic rings. The number of thioether (sulfide) groups is 1. The van der Waals surface area contributed by atoms with Crippen molar-refractivity contribution in [2.75, 3.05) is 12.9 Å². The van der Waals surface area contributed by atoms with Gasteiger partial charge >= 0.3 is 0 Å². The van der Waals surface area contributed by atoms with E-state index in [1.165, 1.54) is 11.8 Å². The molecule has 0 aliphatic heterocycles. The summed E-state index contributed by atoms with van der Waals surface area (Å²) in [6.45, 7) is 2.72. The number of hydrogen-bond donors (Lipinski definition) is 1. The zero-order valence-electron chi connectivity index (χ0n) is 15.7. The number of nitrogens with zero attached hydrogens (tertiary/aromatic N) is 4. The summed E-state index contributed by atoms with van der Waals surface area (Å²) >= 11 is 1.33. The minimum atomic E-state index is -0.200. The lowest BCUT2D eigenvalue weighted by atomic mass is 10.2. The Morgan fingerprint density at radius 1 is 1.18 bits per heavy atom. The molecular weight excluding hydrogens is 374 g/mol. The van der Waals surface area contributed by atoms with Crippen molar-refractivity contribution in [1.29, 1.82) is 0 Å². The van der Waals surface area contributed by atoms with Crippen molar-refractivity contribution in [3.63, 3.8) is 0 Å². The highest BCUT2D eigenvalue weighted by Gasteiger charge is 2.14. The van der Waals surface area contributed by atoms with Crippen molar-refractivity contribution < 1.29 is 9.53 Å². The molecule has 0 radical (unpaired) electrons. The van der Waals surface area contributed by atoms with Crippen molar-refractivity contribution >= 4 is 23.9 Å². The zero-order valence-corrected chi connectivity index (χ0v) is 16.5. The van der Waals surface area contributed by atoms with Crippen LogP contribution in [0.4, 0.5) is 0 Å². The fraction of sp³-hybridized carbons (Fsp3) is 0.200. The molecule has 7 nitrogen and oxygen atoms in total. The molecule has 0 aliphatic rings. The van der Waals surface area contributed by atoms with Crippen molar-refractivity contribution in [1.82, 2.24) is 20.2 Å². The minimum Gasteiger partial charge on any atom is -0.497 e. The summed E-state index contributed by atoms with van der Waals surface area (Å²) in [6, 6.07) is 17.2. The van der Waals surface area contributed by atoms with Gasteiger partial charge in [0.1, 0.15) is 5.75 Å². The first kappa shape index (κ1) is 19.6. The number of nitrogens with one attached hydrogen (secondary N) is 1. The van der Waals surface area contributed by atoms with Crippen LogP contribution in [0.25, 0.3) is 11.4 Å². The lowest BCUT2D eigenvalue weighted by molar-refractivity contribution is -0.118. The van der Waals surface area contributed by atoms with Crippen LogP contribution < -0.4 is 10.2 Å². The van der Waals surface area contributed by atoms with Crippen molar-refractivity contribution in [3.8, 4) is 17.1 Å². The number of aromatic nitrogens is 3. The van der Waals surface area contributed by atoms with Gasteiger partial charge in [-0.3, -0.25) is 4.79 Å². The SMILES string of the molecule is CCn1c(SCC(=O)NN=Cc2ccccc2)nnc1-c1ccc(OC)cc1. The molecule has 8 heteroatoms. The van der Waals surface area contributed by atoms with Crippen LogP contribution in [0.5, 0.6) is 5.75 Å². The van der Waals surface area contributed by atoms with E-state index in [0.29, 0.717) is 11.7 Å². The minimum absolute atomic E-state index is 0.200. The fourth-order valence-corrected chi connectivity index (χ4v) is 3.31. The Labute approximate surface area is 167 Å². The van der Waals surface area contributed by atoms with Gasteiger partial charge in [0, 0.05) is 12.1 Å². The van der Waals surface area contributed by atoms with E-state index in [1.807, 2.05) is 66.1 Å². The third-order valence-corrected chi connectivity index (χ3v) is 4.88. The van der Waals surface area contributed by atoms with Crippen molar-refractivity contribution in [2.24, 2.45) is 5.10 Å². The molecule has 0 aliphatic carbocycles. The summed E-state index contributed by atoms with van der Waals surface area (Å²) in [4.78, 5) is 12.0. The van der Waals surface area contributed by atoms with Crippen molar-refractivity contribution in [3.05, 3.63) is 60.2 Å². The van der Waals surface area contributed by atoms with Gasteiger partial charge in [0.25, 0.3) is 5.91 Å². The second-order valence-corrected chi connectivity index (χ2v) is 6.71.